The number of piperidine rings is 1. The van der Waals surface area contributed by atoms with Gasteiger partial charge in [0.2, 0.25) is 0 Å². The van der Waals surface area contributed by atoms with E-state index in [2.05, 4.69) is 0 Å². The van der Waals surface area contributed by atoms with Gasteiger partial charge in [0.1, 0.15) is 6.61 Å². The molecule has 1 aliphatic heterocycles. The van der Waals surface area contributed by atoms with Crippen molar-refractivity contribution in [2.75, 3.05) is 0 Å². The number of carbonyl (C=O) groups is 1. The molecule has 0 aromatic heterocycles. The zero-order valence-electron chi connectivity index (χ0n) is 15.4. The number of hydrogen-bond donors (Lipinski definition) is 1. The van der Waals surface area contributed by atoms with Crippen LogP contribution in [0, 0.1) is 17.5 Å². The van der Waals surface area contributed by atoms with Gasteiger partial charge in [-0.3, -0.25) is 4.90 Å². The number of hydrogen-bond acceptors (Lipinski definition) is 3. The SMILES string of the molecule is CC(O)C1CCCC(c2cc(F)c(F)c(F)c2)N1C(=O)OCc1ccccc1. The van der Waals surface area contributed by atoms with E-state index in [0.717, 1.165) is 17.7 Å². The zero-order valence-corrected chi connectivity index (χ0v) is 15.4. The number of nitrogens with zero attached hydrogens (tertiary/aromatic N) is 1. The van der Waals surface area contributed by atoms with Crippen molar-refractivity contribution in [1.82, 2.24) is 4.90 Å². The Morgan fingerprint density at radius 3 is 2.43 bits per heavy atom. The lowest BCUT2D eigenvalue weighted by Crippen LogP contribution is -2.50. The number of carbonyl (C=O) groups excluding carboxylic acids is 1. The molecule has 7 heteroatoms. The summed E-state index contributed by atoms with van der Waals surface area (Å²) in [5, 5.41) is 10.1. The number of rotatable bonds is 4. The number of benzene rings is 2. The smallest absolute Gasteiger partial charge is 0.410 e. The Balaban J connectivity index is 1.88. The molecule has 28 heavy (non-hydrogen) atoms. The van der Waals surface area contributed by atoms with E-state index in [9.17, 15) is 23.1 Å². The second-order valence-corrected chi connectivity index (χ2v) is 7.00. The third kappa shape index (κ3) is 4.30. The van der Waals surface area contributed by atoms with Gasteiger partial charge in [-0.1, -0.05) is 30.3 Å². The van der Waals surface area contributed by atoms with Crippen LogP contribution in [0.1, 0.15) is 43.4 Å². The van der Waals surface area contributed by atoms with E-state index in [-0.39, 0.29) is 12.2 Å². The standard InChI is InChI=1S/C21H22F3NO3/c1-13(26)18-8-5-9-19(15-10-16(22)20(24)17(23)11-15)25(18)21(27)28-12-14-6-3-2-4-7-14/h2-4,6-7,10-11,13,18-19,26H,5,8-9,12H2,1H3. The van der Waals surface area contributed by atoms with E-state index in [4.69, 9.17) is 4.74 Å². The van der Waals surface area contributed by atoms with Crippen LogP contribution in [-0.4, -0.2) is 28.2 Å². The molecule has 3 rings (SSSR count). The first-order valence-electron chi connectivity index (χ1n) is 9.20. The van der Waals surface area contributed by atoms with Gasteiger partial charge in [0.15, 0.2) is 17.5 Å². The predicted molar refractivity (Wildman–Crippen MR) is 96.8 cm³/mol. The summed E-state index contributed by atoms with van der Waals surface area (Å²) in [7, 11) is 0. The molecule has 0 bridgehead atoms. The lowest BCUT2D eigenvalue weighted by molar-refractivity contribution is -0.00459. The molecule has 1 fully saturated rings. The fourth-order valence-electron chi connectivity index (χ4n) is 3.65. The molecule has 1 saturated heterocycles. The van der Waals surface area contributed by atoms with E-state index >= 15 is 0 Å². The maximum absolute atomic E-state index is 13.7. The third-order valence-electron chi connectivity index (χ3n) is 5.03. The summed E-state index contributed by atoms with van der Waals surface area (Å²) in [5.74, 6) is -4.18. The summed E-state index contributed by atoms with van der Waals surface area (Å²) in [4.78, 5) is 14.2. The van der Waals surface area contributed by atoms with Crippen molar-refractivity contribution in [2.45, 2.75) is 51.0 Å². The number of likely N-dealkylation sites (tertiary alicyclic amines) is 1. The highest BCUT2D eigenvalue weighted by molar-refractivity contribution is 5.69. The van der Waals surface area contributed by atoms with Crippen LogP contribution in [0.2, 0.25) is 0 Å². The van der Waals surface area contributed by atoms with Crippen molar-refractivity contribution in [3.8, 4) is 0 Å². The van der Waals surface area contributed by atoms with Crippen LogP contribution in [0.15, 0.2) is 42.5 Å². The summed E-state index contributed by atoms with van der Waals surface area (Å²) in [6, 6.07) is 9.57. The topological polar surface area (TPSA) is 49.8 Å². The van der Waals surface area contributed by atoms with Gasteiger partial charge in [-0.25, -0.2) is 18.0 Å². The molecule has 3 atom stereocenters. The highest BCUT2D eigenvalue weighted by Gasteiger charge is 2.39. The van der Waals surface area contributed by atoms with Crippen molar-refractivity contribution in [2.24, 2.45) is 0 Å². The first-order chi connectivity index (χ1) is 13.4. The molecule has 0 aliphatic carbocycles. The maximum Gasteiger partial charge on any atom is 0.410 e. The lowest BCUT2D eigenvalue weighted by Gasteiger charge is -2.42. The van der Waals surface area contributed by atoms with E-state index in [0.29, 0.717) is 19.3 Å². The van der Waals surface area contributed by atoms with Crippen LogP contribution in [-0.2, 0) is 11.3 Å². The number of aliphatic hydroxyl groups is 1. The quantitative estimate of drug-likeness (QED) is 0.765. The van der Waals surface area contributed by atoms with Crippen LogP contribution >= 0.6 is 0 Å². The van der Waals surface area contributed by atoms with Gasteiger partial charge < -0.3 is 9.84 Å². The van der Waals surface area contributed by atoms with Gasteiger partial charge in [-0.15, -0.1) is 0 Å². The van der Waals surface area contributed by atoms with E-state index < -0.39 is 41.7 Å². The number of amides is 1. The third-order valence-corrected chi connectivity index (χ3v) is 5.03. The molecular weight excluding hydrogens is 371 g/mol. The van der Waals surface area contributed by atoms with Crippen LogP contribution in [0.5, 0.6) is 0 Å². The average Bonchev–Trinajstić information content (AvgIpc) is 2.70. The van der Waals surface area contributed by atoms with Gasteiger partial charge >= 0.3 is 6.09 Å². The molecule has 4 nitrogen and oxygen atoms in total. The van der Waals surface area contributed by atoms with Gasteiger partial charge in [0, 0.05) is 0 Å². The molecule has 2 aromatic rings. The Morgan fingerprint density at radius 2 is 1.82 bits per heavy atom. The Kier molecular flexibility index (Phi) is 6.24. The normalized spacial score (nSPS) is 20.7. The molecule has 1 amide bonds. The minimum Gasteiger partial charge on any atom is -0.445 e. The average molecular weight is 393 g/mol. The van der Waals surface area contributed by atoms with Crippen LogP contribution in [0.25, 0.3) is 0 Å². The second kappa shape index (κ2) is 8.65. The molecule has 1 heterocycles. The van der Waals surface area contributed by atoms with Crippen LogP contribution < -0.4 is 0 Å². The van der Waals surface area contributed by atoms with Crippen molar-refractivity contribution in [3.63, 3.8) is 0 Å². The van der Waals surface area contributed by atoms with Crippen LogP contribution in [0.4, 0.5) is 18.0 Å². The monoisotopic (exact) mass is 393 g/mol. The summed E-state index contributed by atoms with van der Waals surface area (Å²) in [5.41, 5.74) is 0.926. The van der Waals surface area contributed by atoms with E-state index in [1.165, 1.54) is 4.90 Å². The summed E-state index contributed by atoms with van der Waals surface area (Å²) in [6.07, 6.45) is 0.0462. The lowest BCUT2D eigenvalue weighted by atomic mass is 9.89. The summed E-state index contributed by atoms with van der Waals surface area (Å²) < 4.78 is 46.2. The molecule has 0 saturated carbocycles. The second-order valence-electron chi connectivity index (χ2n) is 7.00. The Hall–Kier alpha value is -2.54. The van der Waals surface area contributed by atoms with Gasteiger partial charge in [0.25, 0.3) is 0 Å². The molecular formula is C21H22F3NO3. The Bertz CT molecular complexity index is 806. The summed E-state index contributed by atoms with van der Waals surface area (Å²) >= 11 is 0. The van der Waals surface area contributed by atoms with Crippen molar-refractivity contribution in [3.05, 3.63) is 71.0 Å². The minimum atomic E-state index is -1.55. The van der Waals surface area contributed by atoms with Gasteiger partial charge in [-0.2, -0.15) is 0 Å². The molecule has 1 aliphatic rings. The molecule has 3 unspecified atom stereocenters. The first-order valence-corrected chi connectivity index (χ1v) is 9.20. The predicted octanol–water partition coefficient (Wildman–Crippen LogP) is 4.72. The molecule has 0 spiro atoms. The fourth-order valence-corrected chi connectivity index (χ4v) is 3.65. The van der Waals surface area contributed by atoms with Crippen molar-refractivity contribution < 1.29 is 27.8 Å². The Labute approximate surface area is 161 Å². The molecule has 150 valence electrons. The first kappa shape index (κ1) is 20.2. The maximum atomic E-state index is 13.7. The fraction of sp³-hybridized carbons (Fsp3) is 0.381. The van der Waals surface area contributed by atoms with E-state index in [1.807, 2.05) is 18.2 Å². The van der Waals surface area contributed by atoms with Gasteiger partial charge in [0.05, 0.1) is 18.2 Å². The molecule has 1 N–H and O–H groups in total. The number of halogens is 3. The molecule has 0 radical (unpaired) electrons. The van der Waals surface area contributed by atoms with Crippen LogP contribution in [0.3, 0.4) is 0 Å². The highest BCUT2D eigenvalue weighted by Crippen LogP contribution is 2.37. The Morgan fingerprint density at radius 1 is 1.18 bits per heavy atom. The number of aliphatic hydroxyl groups excluding tert-OH is 1. The van der Waals surface area contributed by atoms with Gasteiger partial charge in [-0.05, 0) is 49.4 Å². The zero-order chi connectivity index (χ0) is 20.3. The van der Waals surface area contributed by atoms with Crippen molar-refractivity contribution >= 4 is 6.09 Å². The largest absolute Gasteiger partial charge is 0.445 e. The molecule has 2 aromatic carbocycles. The minimum absolute atomic E-state index is 0.0293. The number of ether oxygens (including phenoxy) is 1. The highest BCUT2D eigenvalue weighted by atomic mass is 19.2. The van der Waals surface area contributed by atoms with Crippen molar-refractivity contribution in [1.29, 1.82) is 0 Å². The van der Waals surface area contributed by atoms with E-state index in [1.54, 1.807) is 19.1 Å². The summed E-state index contributed by atoms with van der Waals surface area (Å²) in [6.45, 7) is 1.58.